The van der Waals surface area contributed by atoms with Gasteiger partial charge in [-0.2, -0.15) is 0 Å². The van der Waals surface area contributed by atoms with E-state index in [1.807, 2.05) is 24.3 Å². The number of aliphatic carboxylic acids is 1. The molecule has 1 unspecified atom stereocenters. The maximum Gasteiger partial charge on any atom is 0.317 e. The molecular formula is C15H22N2O4. The molecule has 1 atom stereocenters. The Morgan fingerprint density at radius 3 is 2.48 bits per heavy atom. The molecule has 0 aliphatic carbocycles. The van der Waals surface area contributed by atoms with Crippen molar-refractivity contribution in [1.29, 1.82) is 0 Å². The van der Waals surface area contributed by atoms with E-state index >= 15 is 0 Å². The van der Waals surface area contributed by atoms with Gasteiger partial charge in [0.1, 0.15) is 5.75 Å². The Kier molecular flexibility index (Phi) is 6.52. The molecule has 0 radical (unpaired) electrons. The van der Waals surface area contributed by atoms with E-state index in [9.17, 15) is 9.59 Å². The molecular weight excluding hydrogens is 272 g/mol. The third-order valence-corrected chi connectivity index (χ3v) is 3.05. The van der Waals surface area contributed by atoms with Crippen molar-refractivity contribution in [2.45, 2.75) is 19.9 Å². The molecule has 0 heterocycles. The number of methoxy groups -OCH3 is 1. The molecule has 0 aliphatic rings. The van der Waals surface area contributed by atoms with Crippen molar-refractivity contribution in [3.63, 3.8) is 0 Å². The first-order valence-corrected chi connectivity index (χ1v) is 6.76. The first-order valence-electron chi connectivity index (χ1n) is 6.76. The van der Waals surface area contributed by atoms with Crippen LogP contribution in [0.3, 0.4) is 0 Å². The van der Waals surface area contributed by atoms with Gasteiger partial charge < -0.3 is 20.1 Å². The molecule has 2 N–H and O–H groups in total. The van der Waals surface area contributed by atoms with Gasteiger partial charge in [0.05, 0.1) is 7.11 Å². The summed E-state index contributed by atoms with van der Waals surface area (Å²) in [4.78, 5) is 24.0. The number of carboxylic acids is 1. The lowest BCUT2D eigenvalue weighted by Crippen LogP contribution is -2.39. The zero-order chi connectivity index (χ0) is 15.8. The van der Waals surface area contributed by atoms with Gasteiger partial charge in [-0.25, -0.2) is 4.79 Å². The van der Waals surface area contributed by atoms with E-state index in [-0.39, 0.29) is 18.4 Å². The number of urea groups is 1. The summed E-state index contributed by atoms with van der Waals surface area (Å²) in [5, 5.41) is 11.4. The van der Waals surface area contributed by atoms with E-state index in [2.05, 4.69) is 5.32 Å². The van der Waals surface area contributed by atoms with E-state index in [0.29, 0.717) is 13.1 Å². The van der Waals surface area contributed by atoms with E-state index in [1.54, 1.807) is 26.0 Å². The van der Waals surface area contributed by atoms with Crippen LogP contribution in [0.15, 0.2) is 24.3 Å². The molecule has 1 aromatic rings. The van der Waals surface area contributed by atoms with Crippen molar-refractivity contribution < 1.29 is 19.4 Å². The number of nitrogens with one attached hydrogen (secondary N) is 1. The fraction of sp³-hybridized carbons (Fsp3) is 0.467. The second-order valence-electron chi connectivity index (χ2n) is 5.09. The Bertz CT molecular complexity index is 473. The number of carboxylic acid groups (broad SMARTS) is 1. The number of nitrogens with zero attached hydrogens (tertiary/aromatic N) is 1. The van der Waals surface area contributed by atoms with Crippen LogP contribution >= 0.6 is 0 Å². The molecule has 0 saturated heterocycles. The van der Waals surface area contributed by atoms with Crippen LogP contribution in [0.2, 0.25) is 0 Å². The molecule has 116 valence electrons. The Balaban J connectivity index is 2.41. The normalized spacial score (nSPS) is 11.6. The SMILES string of the molecule is COc1ccc(CN(C)C(=O)NCC(C)CC(=O)O)cc1. The Morgan fingerprint density at radius 1 is 1.33 bits per heavy atom. The molecule has 21 heavy (non-hydrogen) atoms. The van der Waals surface area contributed by atoms with Crippen LogP contribution in [0.1, 0.15) is 18.9 Å². The monoisotopic (exact) mass is 294 g/mol. The molecule has 0 aliphatic heterocycles. The molecule has 6 nitrogen and oxygen atoms in total. The molecule has 0 spiro atoms. The topological polar surface area (TPSA) is 78.9 Å². The van der Waals surface area contributed by atoms with Crippen molar-refractivity contribution in [2.75, 3.05) is 20.7 Å². The molecule has 0 saturated carbocycles. The van der Waals surface area contributed by atoms with Crippen molar-refractivity contribution in [3.05, 3.63) is 29.8 Å². The third kappa shape index (κ3) is 6.16. The van der Waals surface area contributed by atoms with E-state index in [4.69, 9.17) is 9.84 Å². The van der Waals surface area contributed by atoms with Crippen LogP contribution in [0.5, 0.6) is 5.75 Å². The summed E-state index contributed by atoms with van der Waals surface area (Å²) in [5.74, 6) is -0.183. The maximum absolute atomic E-state index is 11.9. The number of hydrogen-bond donors (Lipinski definition) is 2. The summed E-state index contributed by atoms with van der Waals surface area (Å²) >= 11 is 0. The average Bonchev–Trinajstić information content (AvgIpc) is 2.44. The lowest BCUT2D eigenvalue weighted by Gasteiger charge is -2.19. The van der Waals surface area contributed by atoms with Crippen LogP contribution in [0.4, 0.5) is 4.79 Å². The summed E-state index contributed by atoms with van der Waals surface area (Å²) in [5.41, 5.74) is 0.993. The lowest BCUT2D eigenvalue weighted by molar-refractivity contribution is -0.137. The highest BCUT2D eigenvalue weighted by Crippen LogP contribution is 2.12. The Labute approximate surface area is 124 Å². The number of rotatable bonds is 7. The number of carbonyl (C=O) groups excluding carboxylic acids is 1. The summed E-state index contributed by atoms with van der Waals surface area (Å²) in [6.07, 6.45) is 0.0441. The predicted octanol–water partition coefficient (Wildman–Crippen LogP) is 1.95. The van der Waals surface area contributed by atoms with E-state index in [0.717, 1.165) is 11.3 Å². The zero-order valence-electron chi connectivity index (χ0n) is 12.6. The minimum Gasteiger partial charge on any atom is -0.497 e. The van der Waals surface area contributed by atoms with Gasteiger partial charge in [0.25, 0.3) is 0 Å². The molecule has 0 aromatic heterocycles. The summed E-state index contributed by atoms with van der Waals surface area (Å²) in [6.45, 7) is 2.61. The van der Waals surface area contributed by atoms with Crippen LogP contribution < -0.4 is 10.1 Å². The van der Waals surface area contributed by atoms with Crippen LogP contribution in [-0.2, 0) is 11.3 Å². The fourth-order valence-electron chi connectivity index (χ4n) is 1.84. The first-order chi connectivity index (χ1) is 9.92. The number of carbonyl (C=O) groups is 2. The van der Waals surface area contributed by atoms with Gasteiger partial charge in [-0.3, -0.25) is 4.79 Å². The molecule has 2 amide bonds. The van der Waals surface area contributed by atoms with Crippen molar-refractivity contribution in [1.82, 2.24) is 10.2 Å². The smallest absolute Gasteiger partial charge is 0.317 e. The fourth-order valence-corrected chi connectivity index (χ4v) is 1.84. The molecule has 0 bridgehead atoms. The highest BCUT2D eigenvalue weighted by atomic mass is 16.5. The van der Waals surface area contributed by atoms with Crippen LogP contribution in [0.25, 0.3) is 0 Å². The summed E-state index contributed by atoms with van der Waals surface area (Å²) < 4.78 is 5.08. The van der Waals surface area contributed by atoms with Crippen molar-refractivity contribution >= 4 is 12.0 Å². The zero-order valence-corrected chi connectivity index (χ0v) is 12.6. The number of ether oxygens (including phenoxy) is 1. The van der Waals surface area contributed by atoms with Crippen LogP contribution in [0, 0.1) is 5.92 Å². The highest BCUT2D eigenvalue weighted by Gasteiger charge is 2.12. The predicted molar refractivity (Wildman–Crippen MR) is 79.3 cm³/mol. The lowest BCUT2D eigenvalue weighted by atomic mass is 10.1. The average molecular weight is 294 g/mol. The quantitative estimate of drug-likeness (QED) is 0.805. The second-order valence-corrected chi connectivity index (χ2v) is 5.09. The van der Waals surface area contributed by atoms with Gasteiger partial charge in [-0.1, -0.05) is 19.1 Å². The van der Waals surface area contributed by atoms with Crippen LogP contribution in [-0.4, -0.2) is 42.7 Å². The third-order valence-electron chi connectivity index (χ3n) is 3.05. The molecule has 6 heteroatoms. The second kappa shape index (κ2) is 8.14. The molecule has 1 rings (SSSR count). The van der Waals surface area contributed by atoms with Crippen molar-refractivity contribution in [2.24, 2.45) is 5.92 Å². The van der Waals surface area contributed by atoms with Gasteiger partial charge in [-0.15, -0.1) is 0 Å². The van der Waals surface area contributed by atoms with E-state index < -0.39 is 5.97 Å². The number of benzene rings is 1. The standard InChI is InChI=1S/C15H22N2O4/c1-11(8-14(18)19)9-16-15(20)17(2)10-12-4-6-13(21-3)7-5-12/h4-7,11H,8-10H2,1-3H3,(H,16,20)(H,18,19). The molecule has 0 fully saturated rings. The summed E-state index contributed by atoms with van der Waals surface area (Å²) in [6, 6.07) is 7.26. The Hall–Kier alpha value is -2.24. The largest absolute Gasteiger partial charge is 0.497 e. The van der Waals surface area contributed by atoms with Crippen molar-refractivity contribution in [3.8, 4) is 5.75 Å². The molecule has 1 aromatic carbocycles. The first kappa shape index (κ1) is 16.8. The van der Waals surface area contributed by atoms with E-state index in [1.165, 1.54) is 0 Å². The number of amides is 2. The highest BCUT2D eigenvalue weighted by molar-refractivity contribution is 5.74. The maximum atomic E-state index is 11.9. The van der Waals surface area contributed by atoms with Gasteiger partial charge in [0.2, 0.25) is 0 Å². The Morgan fingerprint density at radius 2 is 1.95 bits per heavy atom. The minimum atomic E-state index is -0.858. The van der Waals surface area contributed by atoms with Gasteiger partial charge in [-0.05, 0) is 23.6 Å². The van der Waals surface area contributed by atoms with Gasteiger partial charge >= 0.3 is 12.0 Å². The summed E-state index contributed by atoms with van der Waals surface area (Å²) in [7, 11) is 3.30. The van der Waals surface area contributed by atoms with Gasteiger partial charge in [0, 0.05) is 26.6 Å². The minimum absolute atomic E-state index is 0.0441. The number of hydrogen-bond acceptors (Lipinski definition) is 3. The van der Waals surface area contributed by atoms with Gasteiger partial charge in [0.15, 0.2) is 0 Å².